The number of carboxylic acid groups (broad SMARTS) is 2. The largest absolute Gasteiger partial charge is 0.481 e. The molecule has 0 heterocycles. The molecule has 0 aliphatic rings. The quantitative estimate of drug-likeness (QED) is 0.582. The van der Waals surface area contributed by atoms with Crippen molar-refractivity contribution in [2.24, 2.45) is 11.8 Å². The Balaban J connectivity index is 5.00. The summed E-state index contributed by atoms with van der Waals surface area (Å²) in [5.41, 5.74) is 0. The van der Waals surface area contributed by atoms with Crippen molar-refractivity contribution in [2.45, 2.75) is 52.6 Å². The summed E-state index contributed by atoms with van der Waals surface area (Å²) in [7, 11) is 0. The van der Waals surface area contributed by atoms with Crippen molar-refractivity contribution in [3.63, 3.8) is 0 Å². The van der Waals surface area contributed by atoms with Crippen LogP contribution in [0.4, 0.5) is 0 Å². The predicted octanol–water partition coefficient (Wildman–Crippen LogP) is 1.14. The van der Waals surface area contributed by atoms with E-state index in [1.165, 1.54) is 0 Å². The normalized spacial score (nSPS) is 14.4. The molecule has 19 heavy (non-hydrogen) atoms. The third-order valence-electron chi connectivity index (χ3n) is 2.79. The fraction of sp³-hybridized carbons (Fsp3) is 0.769. The van der Waals surface area contributed by atoms with Crippen molar-refractivity contribution in [2.75, 3.05) is 0 Å². The van der Waals surface area contributed by atoms with Crippen molar-refractivity contribution in [3.8, 4) is 0 Å². The summed E-state index contributed by atoms with van der Waals surface area (Å²) in [5.74, 6) is -3.32. The summed E-state index contributed by atoms with van der Waals surface area (Å²) in [6.07, 6.45) is -0.379. The van der Waals surface area contributed by atoms with Crippen molar-refractivity contribution in [1.82, 2.24) is 5.32 Å². The lowest BCUT2D eigenvalue weighted by Gasteiger charge is -2.25. The zero-order valence-corrected chi connectivity index (χ0v) is 11.8. The third kappa shape index (κ3) is 6.91. The van der Waals surface area contributed by atoms with Crippen LogP contribution in [0.5, 0.6) is 0 Å². The van der Waals surface area contributed by atoms with Gasteiger partial charge >= 0.3 is 11.9 Å². The average molecular weight is 273 g/mol. The van der Waals surface area contributed by atoms with Gasteiger partial charge in [-0.15, -0.1) is 0 Å². The van der Waals surface area contributed by atoms with Gasteiger partial charge in [-0.25, -0.2) is 0 Å². The van der Waals surface area contributed by atoms with E-state index in [-0.39, 0.29) is 30.6 Å². The van der Waals surface area contributed by atoms with Crippen LogP contribution in [-0.4, -0.2) is 40.0 Å². The minimum atomic E-state index is -1.13. The van der Waals surface area contributed by atoms with E-state index in [9.17, 15) is 19.5 Å². The van der Waals surface area contributed by atoms with E-state index in [0.717, 1.165) is 0 Å². The second-order valence-corrected chi connectivity index (χ2v) is 5.32. The van der Waals surface area contributed by atoms with Gasteiger partial charge in [-0.1, -0.05) is 27.7 Å². The Bertz CT molecular complexity index is 338. The molecule has 110 valence electrons. The van der Waals surface area contributed by atoms with Gasteiger partial charge in [-0.2, -0.15) is 0 Å². The molecule has 6 nitrogen and oxygen atoms in total. The second kappa shape index (κ2) is 7.89. The molecule has 0 rings (SSSR count). The summed E-state index contributed by atoms with van der Waals surface area (Å²) >= 11 is 0. The summed E-state index contributed by atoms with van der Waals surface area (Å²) in [4.78, 5) is 33.8. The van der Waals surface area contributed by atoms with E-state index >= 15 is 0 Å². The van der Waals surface area contributed by atoms with Crippen LogP contribution in [0, 0.1) is 11.8 Å². The minimum absolute atomic E-state index is 0.0410. The lowest BCUT2D eigenvalue weighted by Crippen LogP contribution is -2.47. The monoisotopic (exact) mass is 273 g/mol. The summed E-state index contributed by atoms with van der Waals surface area (Å²) in [6, 6.07) is -1.13. The first-order valence-corrected chi connectivity index (χ1v) is 6.38. The zero-order valence-electron chi connectivity index (χ0n) is 11.8. The van der Waals surface area contributed by atoms with Gasteiger partial charge in [0.05, 0.1) is 6.42 Å². The van der Waals surface area contributed by atoms with Gasteiger partial charge in [-0.05, 0) is 0 Å². The highest BCUT2D eigenvalue weighted by Crippen LogP contribution is 2.18. The maximum absolute atomic E-state index is 11.7. The molecule has 0 aromatic heterocycles. The molecule has 0 saturated heterocycles. The van der Waals surface area contributed by atoms with Crippen LogP contribution in [0.1, 0.15) is 40.5 Å². The number of aliphatic carboxylic acids is 2. The maximum Gasteiger partial charge on any atom is 0.321 e. The van der Waals surface area contributed by atoms with Gasteiger partial charge < -0.3 is 15.5 Å². The molecule has 0 aliphatic heterocycles. The van der Waals surface area contributed by atoms with Crippen LogP contribution in [0.25, 0.3) is 0 Å². The van der Waals surface area contributed by atoms with Crippen LogP contribution in [0.3, 0.4) is 0 Å². The van der Waals surface area contributed by atoms with E-state index in [0.29, 0.717) is 0 Å². The van der Waals surface area contributed by atoms with Crippen molar-refractivity contribution < 1.29 is 24.6 Å². The highest BCUT2D eigenvalue weighted by atomic mass is 16.4. The van der Waals surface area contributed by atoms with E-state index in [2.05, 4.69) is 5.32 Å². The minimum Gasteiger partial charge on any atom is -0.481 e. The molecule has 0 aliphatic carbocycles. The Morgan fingerprint density at radius 2 is 1.53 bits per heavy atom. The van der Waals surface area contributed by atoms with Crippen LogP contribution in [-0.2, 0) is 14.4 Å². The van der Waals surface area contributed by atoms with E-state index in [4.69, 9.17) is 5.11 Å². The molecule has 0 spiro atoms. The van der Waals surface area contributed by atoms with Crippen LogP contribution in [0.2, 0.25) is 0 Å². The number of Topliss-reactive ketones (excluding diaryl/α,β-unsaturated/α-hetero) is 1. The molecule has 2 unspecified atom stereocenters. The van der Waals surface area contributed by atoms with E-state index < -0.39 is 23.9 Å². The number of ketones is 1. The molecule has 0 radical (unpaired) electrons. The fourth-order valence-electron chi connectivity index (χ4n) is 1.79. The van der Waals surface area contributed by atoms with Crippen molar-refractivity contribution in [1.29, 1.82) is 0 Å². The molecule has 0 saturated carbocycles. The van der Waals surface area contributed by atoms with Crippen molar-refractivity contribution in [3.05, 3.63) is 0 Å². The Kier molecular flexibility index (Phi) is 7.29. The number of nitrogens with one attached hydrogen (secondary N) is 1. The first kappa shape index (κ1) is 17.6. The highest BCUT2D eigenvalue weighted by molar-refractivity contribution is 5.83. The van der Waals surface area contributed by atoms with E-state index in [1.54, 1.807) is 27.7 Å². The molecule has 0 amide bonds. The zero-order chi connectivity index (χ0) is 15.2. The molecule has 0 bridgehead atoms. The number of hydrogen-bond acceptors (Lipinski definition) is 4. The number of rotatable bonds is 9. The fourth-order valence-corrected chi connectivity index (χ4v) is 1.79. The van der Waals surface area contributed by atoms with Gasteiger partial charge in [-0.3, -0.25) is 14.4 Å². The summed E-state index contributed by atoms with van der Waals surface area (Å²) < 4.78 is 0. The van der Waals surface area contributed by atoms with Gasteiger partial charge in [0.1, 0.15) is 11.8 Å². The molecular formula is C13H23NO5. The maximum atomic E-state index is 11.7. The summed E-state index contributed by atoms with van der Waals surface area (Å²) in [6.45, 7) is 6.98. The molecule has 0 fully saturated rings. The summed E-state index contributed by atoms with van der Waals surface area (Å²) in [5, 5.41) is 20.9. The lowest BCUT2D eigenvalue weighted by atomic mass is 9.87. The first-order valence-electron chi connectivity index (χ1n) is 6.38. The molecule has 6 heteroatoms. The number of carbonyl (C=O) groups excluding carboxylic acids is 1. The van der Waals surface area contributed by atoms with Crippen LogP contribution >= 0.6 is 0 Å². The third-order valence-corrected chi connectivity index (χ3v) is 2.79. The lowest BCUT2D eigenvalue weighted by molar-refractivity contribution is -0.143. The molecule has 2 atom stereocenters. The molecule has 3 N–H and O–H groups in total. The Hall–Kier alpha value is -1.43. The van der Waals surface area contributed by atoms with Gasteiger partial charge in [0.15, 0.2) is 0 Å². The number of hydrogen-bond donors (Lipinski definition) is 3. The SMILES string of the molecule is CC(C)NC(C(=O)O)C(CC(=O)O)CC(=O)C(C)C. The van der Waals surface area contributed by atoms with Gasteiger partial charge in [0.2, 0.25) is 0 Å². The first-order chi connectivity index (χ1) is 8.65. The van der Waals surface area contributed by atoms with Gasteiger partial charge in [0.25, 0.3) is 0 Å². The molecule has 0 aromatic rings. The molecular weight excluding hydrogens is 250 g/mol. The second-order valence-electron chi connectivity index (χ2n) is 5.32. The Labute approximate surface area is 113 Å². The average Bonchev–Trinajstić information content (AvgIpc) is 2.23. The number of carbonyl (C=O) groups is 3. The van der Waals surface area contributed by atoms with Crippen LogP contribution in [0.15, 0.2) is 0 Å². The Morgan fingerprint density at radius 1 is 1.00 bits per heavy atom. The topological polar surface area (TPSA) is 104 Å². The van der Waals surface area contributed by atoms with Gasteiger partial charge in [0, 0.05) is 24.3 Å². The van der Waals surface area contributed by atoms with E-state index in [1.807, 2.05) is 0 Å². The standard InChI is InChI=1S/C13H23NO5/c1-7(2)10(15)5-9(6-11(16)17)12(13(18)19)14-8(3)4/h7-9,12,14H,5-6H2,1-4H3,(H,16,17)(H,18,19). The Morgan fingerprint density at radius 3 is 1.84 bits per heavy atom. The molecule has 0 aromatic carbocycles. The van der Waals surface area contributed by atoms with Crippen LogP contribution < -0.4 is 5.32 Å². The predicted molar refractivity (Wildman–Crippen MR) is 69.9 cm³/mol. The van der Waals surface area contributed by atoms with Crippen molar-refractivity contribution >= 4 is 17.7 Å². The smallest absolute Gasteiger partial charge is 0.321 e. The number of carboxylic acids is 2. The highest BCUT2D eigenvalue weighted by Gasteiger charge is 2.32.